The highest BCUT2D eigenvalue weighted by Gasteiger charge is 2.22. The van der Waals surface area contributed by atoms with Gasteiger partial charge in [0.05, 0.1) is 0 Å². The Hall–Kier alpha value is -0.180. The summed E-state index contributed by atoms with van der Waals surface area (Å²) in [5, 5.41) is 9.40. The molecule has 0 aliphatic heterocycles. The molecule has 1 saturated carbocycles. The van der Waals surface area contributed by atoms with Gasteiger partial charge in [-0.15, -0.1) is 24.0 Å². The van der Waals surface area contributed by atoms with E-state index in [0.717, 1.165) is 44.1 Å². The van der Waals surface area contributed by atoms with E-state index in [1.165, 1.54) is 0 Å². The second kappa shape index (κ2) is 11.6. The molecular formula is C12H25IN4OS. The third-order valence-corrected chi connectivity index (χ3v) is 3.25. The molecule has 0 radical (unpaired) electrons. The van der Waals surface area contributed by atoms with Gasteiger partial charge in [-0.1, -0.05) is 0 Å². The Morgan fingerprint density at radius 3 is 2.58 bits per heavy atom. The first kappa shape index (κ1) is 18.8. The highest BCUT2D eigenvalue weighted by atomic mass is 127. The summed E-state index contributed by atoms with van der Waals surface area (Å²) < 4.78 is 0. The molecule has 0 aromatic carbocycles. The minimum absolute atomic E-state index is 0. The van der Waals surface area contributed by atoms with Crippen molar-refractivity contribution in [1.29, 1.82) is 0 Å². The predicted octanol–water partition coefficient (Wildman–Crippen LogP) is 1.19. The Labute approximate surface area is 137 Å². The molecule has 0 heterocycles. The van der Waals surface area contributed by atoms with Crippen molar-refractivity contribution in [3.8, 4) is 0 Å². The van der Waals surface area contributed by atoms with Crippen molar-refractivity contribution in [2.24, 2.45) is 4.99 Å². The summed E-state index contributed by atoms with van der Waals surface area (Å²) in [6.45, 7) is 1.68. The number of carbonyl (C=O) groups is 1. The zero-order valence-corrected chi connectivity index (χ0v) is 14.8. The SMILES string of the molecule is CN=C(NCCCC(=O)NC1CC1)NCCSC.I. The van der Waals surface area contributed by atoms with E-state index < -0.39 is 0 Å². The van der Waals surface area contributed by atoms with Crippen molar-refractivity contribution in [3.63, 3.8) is 0 Å². The van der Waals surface area contributed by atoms with Gasteiger partial charge < -0.3 is 16.0 Å². The van der Waals surface area contributed by atoms with Gasteiger partial charge >= 0.3 is 0 Å². The van der Waals surface area contributed by atoms with E-state index in [2.05, 4.69) is 27.2 Å². The quantitative estimate of drug-likeness (QED) is 0.248. The molecule has 0 bridgehead atoms. The molecule has 0 aromatic heterocycles. The molecule has 112 valence electrons. The Bertz CT molecular complexity index is 285. The largest absolute Gasteiger partial charge is 0.356 e. The maximum atomic E-state index is 11.4. The van der Waals surface area contributed by atoms with Crippen molar-refractivity contribution in [2.45, 2.75) is 31.7 Å². The van der Waals surface area contributed by atoms with Crippen molar-refractivity contribution in [3.05, 3.63) is 0 Å². The molecule has 1 aliphatic rings. The van der Waals surface area contributed by atoms with E-state index in [0.29, 0.717) is 12.5 Å². The van der Waals surface area contributed by atoms with Crippen LogP contribution < -0.4 is 16.0 Å². The van der Waals surface area contributed by atoms with E-state index in [-0.39, 0.29) is 29.9 Å². The fraction of sp³-hybridized carbons (Fsp3) is 0.833. The van der Waals surface area contributed by atoms with Crippen molar-refractivity contribution >= 4 is 47.6 Å². The summed E-state index contributed by atoms with van der Waals surface area (Å²) >= 11 is 1.80. The number of nitrogens with one attached hydrogen (secondary N) is 3. The van der Waals surface area contributed by atoms with Gasteiger partial charge in [-0.25, -0.2) is 0 Å². The van der Waals surface area contributed by atoms with Gasteiger partial charge in [0.25, 0.3) is 0 Å². The monoisotopic (exact) mass is 400 g/mol. The average molecular weight is 400 g/mol. The van der Waals surface area contributed by atoms with Crippen LogP contribution in [0.25, 0.3) is 0 Å². The maximum Gasteiger partial charge on any atom is 0.220 e. The predicted molar refractivity (Wildman–Crippen MR) is 93.6 cm³/mol. The van der Waals surface area contributed by atoms with Crippen LogP contribution >= 0.6 is 35.7 Å². The molecule has 1 fully saturated rings. The summed E-state index contributed by atoms with van der Waals surface area (Å²) in [5.41, 5.74) is 0. The van der Waals surface area contributed by atoms with Crippen LogP contribution in [0.4, 0.5) is 0 Å². The van der Waals surface area contributed by atoms with Gasteiger partial charge in [0.2, 0.25) is 5.91 Å². The first-order valence-corrected chi connectivity index (χ1v) is 7.88. The number of rotatable bonds is 8. The van der Waals surface area contributed by atoms with Crippen LogP contribution in [0.1, 0.15) is 25.7 Å². The maximum absolute atomic E-state index is 11.4. The first-order chi connectivity index (χ1) is 8.76. The average Bonchev–Trinajstić information content (AvgIpc) is 3.16. The number of guanidine groups is 1. The first-order valence-electron chi connectivity index (χ1n) is 6.49. The van der Waals surface area contributed by atoms with Gasteiger partial charge in [0, 0.05) is 38.4 Å². The standard InChI is InChI=1S/C12H24N4OS.HI/c1-13-12(15-8-9-18-2)14-7-3-4-11(17)16-10-5-6-10;/h10H,3-9H2,1-2H3,(H,16,17)(H2,13,14,15);1H. The minimum atomic E-state index is 0. The summed E-state index contributed by atoms with van der Waals surface area (Å²) in [5.74, 6) is 2.04. The molecule has 5 nitrogen and oxygen atoms in total. The second-order valence-electron chi connectivity index (χ2n) is 4.36. The molecular weight excluding hydrogens is 375 g/mol. The Kier molecular flexibility index (Phi) is 11.5. The lowest BCUT2D eigenvalue weighted by Gasteiger charge is -2.11. The minimum Gasteiger partial charge on any atom is -0.356 e. The summed E-state index contributed by atoms with van der Waals surface area (Å²) in [7, 11) is 1.76. The van der Waals surface area contributed by atoms with Crippen LogP contribution in [0.2, 0.25) is 0 Å². The molecule has 0 saturated heterocycles. The van der Waals surface area contributed by atoms with Gasteiger partial charge in [-0.05, 0) is 25.5 Å². The van der Waals surface area contributed by atoms with Crippen LogP contribution in [-0.2, 0) is 4.79 Å². The van der Waals surface area contributed by atoms with Gasteiger partial charge in [0.1, 0.15) is 0 Å². The van der Waals surface area contributed by atoms with Crippen molar-refractivity contribution < 1.29 is 4.79 Å². The van der Waals surface area contributed by atoms with Crippen LogP contribution in [0.3, 0.4) is 0 Å². The molecule has 1 rings (SSSR count). The summed E-state index contributed by atoms with van der Waals surface area (Å²) in [6, 6.07) is 0.464. The molecule has 0 atom stereocenters. The van der Waals surface area contributed by atoms with E-state index in [4.69, 9.17) is 0 Å². The van der Waals surface area contributed by atoms with Gasteiger partial charge in [-0.2, -0.15) is 11.8 Å². The van der Waals surface area contributed by atoms with Crippen LogP contribution in [0.15, 0.2) is 4.99 Å². The van der Waals surface area contributed by atoms with Gasteiger partial charge in [-0.3, -0.25) is 9.79 Å². The number of carbonyl (C=O) groups excluding carboxylic acids is 1. The lowest BCUT2D eigenvalue weighted by atomic mass is 10.3. The van der Waals surface area contributed by atoms with E-state index >= 15 is 0 Å². The summed E-state index contributed by atoms with van der Waals surface area (Å²) in [6.07, 6.45) is 5.80. The molecule has 1 amide bonds. The van der Waals surface area contributed by atoms with E-state index in [1.807, 2.05) is 0 Å². The second-order valence-corrected chi connectivity index (χ2v) is 5.35. The molecule has 19 heavy (non-hydrogen) atoms. The van der Waals surface area contributed by atoms with Crippen LogP contribution in [0.5, 0.6) is 0 Å². The number of hydrogen-bond donors (Lipinski definition) is 3. The zero-order valence-electron chi connectivity index (χ0n) is 11.7. The fourth-order valence-corrected chi connectivity index (χ4v) is 1.78. The number of amides is 1. The number of nitrogens with zero attached hydrogens (tertiary/aromatic N) is 1. The smallest absolute Gasteiger partial charge is 0.220 e. The normalized spacial score (nSPS) is 14.5. The van der Waals surface area contributed by atoms with E-state index in [9.17, 15) is 4.79 Å². The Balaban J connectivity index is 0.00000324. The Morgan fingerprint density at radius 1 is 1.32 bits per heavy atom. The zero-order chi connectivity index (χ0) is 13.2. The lowest BCUT2D eigenvalue weighted by molar-refractivity contribution is -0.121. The molecule has 3 N–H and O–H groups in total. The third kappa shape index (κ3) is 10.3. The summed E-state index contributed by atoms with van der Waals surface area (Å²) in [4.78, 5) is 15.6. The molecule has 1 aliphatic carbocycles. The van der Waals surface area contributed by atoms with E-state index in [1.54, 1.807) is 18.8 Å². The molecule has 0 aromatic rings. The van der Waals surface area contributed by atoms with Crippen LogP contribution in [0, 0.1) is 0 Å². The van der Waals surface area contributed by atoms with Crippen molar-refractivity contribution in [2.75, 3.05) is 32.1 Å². The number of aliphatic imine (C=N–C) groups is 1. The lowest BCUT2D eigenvalue weighted by Crippen LogP contribution is -2.39. The fourth-order valence-electron chi connectivity index (χ4n) is 1.48. The number of thioether (sulfide) groups is 1. The number of hydrogen-bond acceptors (Lipinski definition) is 3. The highest BCUT2D eigenvalue weighted by Crippen LogP contribution is 2.18. The molecule has 7 heteroatoms. The molecule has 0 spiro atoms. The van der Waals surface area contributed by atoms with Gasteiger partial charge in [0.15, 0.2) is 5.96 Å². The third-order valence-electron chi connectivity index (χ3n) is 2.64. The topological polar surface area (TPSA) is 65.5 Å². The van der Waals surface area contributed by atoms with Crippen LogP contribution in [-0.4, -0.2) is 50.1 Å². The van der Waals surface area contributed by atoms with Crippen molar-refractivity contribution in [1.82, 2.24) is 16.0 Å². The number of halogens is 1. The molecule has 0 unspecified atom stereocenters. The highest BCUT2D eigenvalue weighted by molar-refractivity contribution is 14.0. The Morgan fingerprint density at radius 2 is 2.00 bits per heavy atom.